The molecular formula is C16H25N3O3. The number of carbonyl (C=O) groups excluding carboxylic acids is 1. The van der Waals surface area contributed by atoms with Crippen LogP contribution in [0.1, 0.15) is 44.0 Å². The molecule has 1 aliphatic heterocycles. The predicted molar refractivity (Wildman–Crippen MR) is 81.2 cm³/mol. The number of nitrogens with one attached hydrogen (secondary N) is 2. The summed E-state index contributed by atoms with van der Waals surface area (Å²) < 4.78 is 12.0. The average molecular weight is 307 g/mol. The number of ether oxygens (including phenoxy) is 2. The molecule has 2 N–H and O–H groups in total. The standard InChI is InChI=1S/C16H25N3O3/c1-11-3-5-16(6-4-11)21-10-14(22-16)9-17-15(20)8-13-7-12(2)18-19-13/h7,11,14H,3-6,8-10H2,1-2H3,(H,17,20)(H,18,19)/t11?,14-,16?/m0/s1. The maximum Gasteiger partial charge on any atom is 0.226 e. The topological polar surface area (TPSA) is 76.2 Å². The molecule has 1 saturated carbocycles. The smallest absolute Gasteiger partial charge is 0.226 e. The van der Waals surface area contributed by atoms with Crippen LogP contribution in [0.4, 0.5) is 0 Å². The van der Waals surface area contributed by atoms with Gasteiger partial charge in [-0.2, -0.15) is 5.10 Å². The van der Waals surface area contributed by atoms with E-state index in [-0.39, 0.29) is 17.8 Å². The fourth-order valence-electron chi connectivity index (χ4n) is 3.20. The molecule has 1 spiro atoms. The number of hydrogen-bond donors (Lipinski definition) is 2. The van der Waals surface area contributed by atoms with E-state index in [0.29, 0.717) is 19.6 Å². The Kier molecular flexibility index (Phi) is 4.49. The van der Waals surface area contributed by atoms with Crippen LogP contribution >= 0.6 is 0 Å². The Morgan fingerprint density at radius 3 is 2.95 bits per heavy atom. The Bertz CT molecular complexity index is 520. The third kappa shape index (κ3) is 3.67. The van der Waals surface area contributed by atoms with E-state index in [4.69, 9.17) is 9.47 Å². The molecule has 22 heavy (non-hydrogen) atoms. The molecule has 0 aromatic carbocycles. The van der Waals surface area contributed by atoms with Gasteiger partial charge in [-0.1, -0.05) is 6.92 Å². The molecule has 1 aromatic rings. The Morgan fingerprint density at radius 2 is 2.27 bits per heavy atom. The van der Waals surface area contributed by atoms with Crippen molar-refractivity contribution in [2.45, 2.75) is 57.8 Å². The van der Waals surface area contributed by atoms with E-state index in [0.717, 1.165) is 43.0 Å². The molecule has 6 nitrogen and oxygen atoms in total. The third-order valence-corrected chi connectivity index (χ3v) is 4.58. The number of hydrogen-bond acceptors (Lipinski definition) is 4. The van der Waals surface area contributed by atoms with Gasteiger partial charge in [-0.3, -0.25) is 9.89 Å². The fraction of sp³-hybridized carbons (Fsp3) is 0.750. The Labute approximate surface area is 130 Å². The second kappa shape index (κ2) is 6.38. The van der Waals surface area contributed by atoms with E-state index in [1.165, 1.54) is 0 Å². The minimum Gasteiger partial charge on any atom is -0.353 e. The molecule has 1 saturated heterocycles. The van der Waals surface area contributed by atoms with Crippen molar-refractivity contribution in [2.24, 2.45) is 5.92 Å². The zero-order valence-electron chi connectivity index (χ0n) is 13.4. The van der Waals surface area contributed by atoms with Gasteiger partial charge >= 0.3 is 0 Å². The largest absolute Gasteiger partial charge is 0.353 e. The van der Waals surface area contributed by atoms with Crippen LogP contribution in [-0.2, 0) is 20.7 Å². The van der Waals surface area contributed by atoms with E-state index < -0.39 is 0 Å². The number of amides is 1. The number of aromatic nitrogens is 2. The van der Waals surface area contributed by atoms with E-state index in [2.05, 4.69) is 22.4 Å². The lowest BCUT2D eigenvalue weighted by Crippen LogP contribution is -2.38. The molecule has 0 unspecified atom stereocenters. The first-order valence-electron chi connectivity index (χ1n) is 8.14. The second-order valence-electron chi connectivity index (χ2n) is 6.67. The number of rotatable bonds is 4. The Morgan fingerprint density at radius 1 is 1.50 bits per heavy atom. The summed E-state index contributed by atoms with van der Waals surface area (Å²) in [7, 11) is 0. The van der Waals surface area contributed by atoms with Crippen molar-refractivity contribution in [3.8, 4) is 0 Å². The SMILES string of the molecule is Cc1cc(CC(=O)NC[C@H]2COC3(CCC(C)CC3)O2)n[nH]1. The van der Waals surface area contributed by atoms with Gasteiger partial charge < -0.3 is 14.8 Å². The highest BCUT2D eigenvalue weighted by Crippen LogP contribution is 2.39. The van der Waals surface area contributed by atoms with Crippen molar-refractivity contribution in [1.29, 1.82) is 0 Å². The molecule has 0 bridgehead atoms. The summed E-state index contributed by atoms with van der Waals surface area (Å²) in [6, 6.07) is 1.88. The first kappa shape index (κ1) is 15.5. The monoisotopic (exact) mass is 307 g/mol. The number of H-pyrrole nitrogens is 1. The van der Waals surface area contributed by atoms with Gasteiger partial charge in [0.15, 0.2) is 5.79 Å². The van der Waals surface area contributed by atoms with Crippen LogP contribution in [0.25, 0.3) is 0 Å². The maximum absolute atomic E-state index is 11.9. The molecule has 6 heteroatoms. The van der Waals surface area contributed by atoms with Crippen LogP contribution in [-0.4, -0.2) is 41.1 Å². The van der Waals surface area contributed by atoms with E-state index in [9.17, 15) is 4.79 Å². The Balaban J connectivity index is 1.42. The van der Waals surface area contributed by atoms with Gasteiger partial charge in [0, 0.05) is 25.1 Å². The highest BCUT2D eigenvalue weighted by molar-refractivity contribution is 5.78. The van der Waals surface area contributed by atoms with Gasteiger partial charge in [0.05, 0.1) is 18.7 Å². The van der Waals surface area contributed by atoms with Crippen molar-refractivity contribution in [1.82, 2.24) is 15.5 Å². The third-order valence-electron chi connectivity index (χ3n) is 4.58. The lowest BCUT2D eigenvalue weighted by Gasteiger charge is -2.34. The van der Waals surface area contributed by atoms with Gasteiger partial charge in [0.25, 0.3) is 0 Å². The van der Waals surface area contributed by atoms with Crippen LogP contribution < -0.4 is 5.32 Å². The fourth-order valence-corrected chi connectivity index (χ4v) is 3.20. The van der Waals surface area contributed by atoms with Crippen LogP contribution in [0, 0.1) is 12.8 Å². The average Bonchev–Trinajstić information content (AvgIpc) is 3.08. The predicted octanol–water partition coefficient (Wildman–Crippen LogP) is 1.70. The molecule has 3 rings (SSSR count). The molecular weight excluding hydrogens is 282 g/mol. The van der Waals surface area contributed by atoms with E-state index in [1.54, 1.807) is 0 Å². The normalized spacial score (nSPS) is 31.5. The van der Waals surface area contributed by atoms with Crippen molar-refractivity contribution < 1.29 is 14.3 Å². The first-order chi connectivity index (χ1) is 10.5. The molecule has 2 heterocycles. The second-order valence-corrected chi connectivity index (χ2v) is 6.67. The molecule has 1 atom stereocenters. The molecule has 2 aliphatic rings. The molecule has 1 amide bonds. The van der Waals surface area contributed by atoms with E-state index >= 15 is 0 Å². The van der Waals surface area contributed by atoms with Crippen LogP contribution in [0.15, 0.2) is 6.07 Å². The zero-order chi connectivity index (χ0) is 15.6. The first-order valence-corrected chi connectivity index (χ1v) is 8.14. The molecule has 122 valence electrons. The molecule has 0 radical (unpaired) electrons. The lowest BCUT2D eigenvalue weighted by atomic mass is 9.86. The summed E-state index contributed by atoms with van der Waals surface area (Å²) in [4.78, 5) is 11.9. The number of aromatic amines is 1. The number of nitrogens with zero attached hydrogens (tertiary/aromatic N) is 1. The summed E-state index contributed by atoms with van der Waals surface area (Å²) in [6.07, 6.45) is 4.48. The van der Waals surface area contributed by atoms with Gasteiger partial charge in [-0.15, -0.1) is 0 Å². The molecule has 1 aromatic heterocycles. The summed E-state index contributed by atoms with van der Waals surface area (Å²) in [5.74, 6) is 0.337. The van der Waals surface area contributed by atoms with Crippen LogP contribution in [0.3, 0.4) is 0 Å². The summed E-state index contributed by atoms with van der Waals surface area (Å²) in [5, 5.41) is 9.82. The minimum absolute atomic E-state index is 0.0340. The van der Waals surface area contributed by atoms with Crippen LogP contribution in [0.5, 0.6) is 0 Å². The number of aryl methyl sites for hydroxylation is 1. The molecule has 1 aliphatic carbocycles. The Hall–Kier alpha value is -1.40. The zero-order valence-corrected chi connectivity index (χ0v) is 13.4. The maximum atomic E-state index is 11.9. The van der Waals surface area contributed by atoms with Crippen molar-refractivity contribution in [3.63, 3.8) is 0 Å². The van der Waals surface area contributed by atoms with Crippen molar-refractivity contribution >= 4 is 5.91 Å². The molecule has 2 fully saturated rings. The summed E-state index contributed by atoms with van der Waals surface area (Å²) in [6.45, 7) is 5.26. The highest BCUT2D eigenvalue weighted by Gasteiger charge is 2.43. The van der Waals surface area contributed by atoms with Gasteiger partial charge in [-0.05, 0) is 31.7 Å². The summed E-state index contributed by atoms with van der Waals surface area (Å²) >= 11 is 0. The van der Waals surface area contributed by atoms with Gasteiger partial charge in [-0.25, -0.2) is 0 Å². The highest BCUT2D eigenvalue weighted by atomic mass is 16.7. The van der Waals surface area contributed by atoms with Crippen molar-refractivity contribution in [2.75, 3.05) is 13.2 Å². The quantitative estimate of drug-likeness (QED) is 0.887. The lowest BCUT2D eigenvalue weighted by molar-refractivity contribution is -0.191. The van der Waals surface area contributed by atoms with E-state index in [1.807, 2.05) is 13.0 Å². The summed E-state index contributed by atoms with van der Waals surface area (Å²) in [5.41, 5.74) is 1.72. The van der Waals surface area contributed by atoms with Crippen molar-refractivity contribution in [3.05, 3.63) is 17.5 Å². The van der Waals surface area contributed by atoms with Gasteiger partial charge in [0.2, 0.25) is 5.91 Å². The van der Waals surface area contributed by atoms with Crippen LogP contribution in [0.2, 0.25) is 0 Å². The minimum atomic E-state index is -0.388. The van der Waals surface area contributed by atoms with Gasteiger partial charge in [0.1, 0.15) is 6.10 Å². The number of carbonyl (C=O) groups is 1.